The van der Waals surface area contributed by atoms with Gasteiger partial charge >= 0.3 is 0 Å². The number of para-hydroxylation sites is 1. The standard InChI is InChI=1S/C31H31N5O2/c1-3-17-33-31(37)26-9-5-6-10-27(26)34-24-12-14-25-28(15-13-23-20-22(4-2)16-18-32-23)35-36(29(25)21-24)30-11-7-8-19-38-30/h1,5-6,9-10,12-16,18,20-21,30,34H,4,7-8,11,17,19H2,2H3,(H,33,37). The van der Waals surface area contributed by atoms with Crippen molar-refractivity contribution in [3.63, 3.8) is 0 Å². The molecule has 1 fully saturated rings. The third-order valence-electron chi connectivity index (χ3n) is 6.63. The van der Waals surface area contributed by atoms with E-state index < -0.39 is 0 Å². The Kier molecular flexibility index (Phi) is 7.81. The minimum absolute atomic E-state index is 0.118. The third kappa shape index (κ3) is 5.61. The van der Waals surface area contributed by atoms with Crippen molar-refractivity contribution < 1.29 is 9.53 Å². The summed E-state index contributed by atoms with van der Waals surface area (Å²) < 4.78 is 8.09. The van der Waals surface area contributed by atoms with Crippen molar-refractivity contribution >= 4 is 40.3 Å². The number of rotatable bonds is 8. The summed E-state index contributed by atoms with van der Waals surface area (Å²) >= 11 is 0. The number of terminal acetylenes is 1. The molecule has 1 unspecified atom stereocenters. The summed E-state index contributed by atoms with van der Waals surface area (Å²) in [5, 5.41) is 12.1. The minimum Gasteiger partial charge on any atom is -0.356 e. The highest BCUT2D eigenvalue weighted by Crippen LogP contribution is 2.32. The molecule has 0 bridgehead atoms. The van der Waals surface area contributed by atoms with Crippen LogP contribution in [0.2, 0.25) is 0 Å². The summed E-state index contributed by atoms with van der Waals surface area (Å²) in [7, 11) is 0. The van der Waals surface area contributed by atoms with Gasteiger partial charge in [0.1, 0.15) is 0 Å². The molecule has 1 aliphatic heterocycles. The van der Waals surface area contributed by atoms with Gasteiger partial charge in [-0.2, -0.15) is 5.10 Å². The van der Waals surface area contributed by atoms with Gasteiger partial charge in [-0.1, -0.05) is 25.0 Å². The van der Waals surface area contributed by atoms with Crippen molar-refractivity contribution in [3.05, 3.63) is 83.3 Å². The lowest BCUT2D eigenvalue weighted by Gasteiger charge is -2.23. The SMILES string of the molecule is C#CCNC(=O)c1ccccc1Nc1ccc2c(C=Cc3cc(CC)ccn3)nn(C3CCCCO3)c2c1. The summed E-state index contributed by atoms with van der Waals surface area (Å²) in [5.74, 6) is 2.22. The molecule has 0 saturated carbocycles. The van der Waals surface area contributed by atoms with Gasteiger partial charge in [-0.3, -0.25) is 9.78 Å². The zero-order valence-corrected chi connectivity index (χ0v) is 21.5. The number of nitrogens with one attached hydrogen (secondary N) is 2. The van der Waals surface area contributed by atoms with Gasteiger partial charge in [0.05, 0.1) is 34.7 Å². The summed E-state index contributed by atoms with van der Waals surface area (Å²) in [5.41, 5.74) is 6.04. The molecule has 38 heavy (non-hydrogen) atoms. The molecule has 2 aromatic heterocycles. The molecule has 2 N–H and O–H groups in total. The number of anilines is 2. The molecule has 192 valence electrons. The second-order valence-corrected chi connectivity index (χ2v) is 9.22. The number of hydrogen-bond donors (Lipinski definition) is 2. The average molecular weight is 506 g/mol. The van der Waals surface area contributed by atoms with Gasteiger partial charge in [0.2, 0.25) is 0 Å². The first kappa shape index (κ1) is 25.2. The van der Waals surface area contributed by atoms with Crippen molar-refractivity contribution in [2.24, 2.45) is 0 Å². The first-order chi connectivity index (χ1) is 18.7. The molecule has 0 radical (unpaired) electrons. The number of carbonyl (C=O) groups is 1. The Labute approximate surface area is 222 Å². The van der Waals surface area contributed by atoms with Crippen molar-refractivity contribution in [2.45, 2.75) is 38.8 Å². The van der Waals surface area contributed by atoms with Crippen LogP contribution in [0.3, 0.4) is 0 Å². The fraction of sp³-hybridized carbons (Fsp3) is 0.258. The van der Waals surface area contributed by atoms with Crippen molar-refractivity contribution in [2.75, 3.05) is 18.5 Å². The molecule has 2 aromatic carbocycles. The van der Waals surface area contributed by atoms with Gasteiger partial charge in [0.15, 0.2) is 6.23 Å². The predicted octanol–water partition coefficient (Wildman–Crippen LogP) is 5.97. The number of ether oxygens (including phenoxy) is 1. The largest absolute Gasteiger partial charge is 0.356 e. The van der Waals surface area contributed by atoms with E-state index in [0.29, 0.717) is 11.3 Å². The molecular weight excluding hydrogens is 474 g/mol. The van der Waals surface area contributed by atoms with Crippen LogP contribution in [0.15, 0.2) is 60.8 Å². The number of benzene rings is 2. The van der Waals surface area contributed by atoms with Crippen LogP contribution in [0.25, 0.3) is 23.1 Å². The van der Waals surface area contributed by atoms with E-state index in [1.165, 1.54) is 5.56 Å². The lowest BCUT2D eigenvalue weighted by atomic mass is 10.1. The Morgan fingerprint density at radius 3 is 2.89 bits per heavy atom. The highest BCUT2D eigenvalue weighted by atomic mass is 16.5. The molecule has 1 aliphatic rings. The van der Waals surface area contributed by atoms with E-state index in [9.17, 15) is 4.79 Å². The molecule has 1 amide bonds. The zero-order chi connectivity index (χ0) is 26.3. The van der Waals surface area contributed by atoms with Gasteiger partial charge in [0.25, 0.3) is 5.91 Å². The van der Waals surface area contributed by atoms with Gasteiger partial charge in [-0.05, 0) is 85.9 Å². The smallest absolute Gasteiger partial charge is 0.254 e. The summed E-state index contributed by atoms with van der Waals surface area (Å²) in [4.78, 5) is 17.1. The lowest BCUT2D eigenvalue weighted by molar-refractivity contribution is -0.0367. The molecule has 0 aliphatic carbocycles. The summed E-state index contributed by atoms with van der Waals surface area (Å²) in [6.07, 6.45) is 15.1. The third-order valence-corrected chi connectivity index (χ3v) is 6.63. The molecule has 1 saturated heterocycles. The summed E-state index contributed by atoms with van der Waals surface area (Å²) in [6, 6.07) is 17.6. The van der Waals surface area contributed by atoms with Crippen molar-refractivity contribution in [1.82, 2.24) is 20.1 Å². The molecule has 1 atom stereocenters. The van der Waals surface area contributed by atoms with Crippen LogP contribution < -0.4 is 10.6 Å². The number of aromatic nitrogens is 3. The predicted molar refractivity (Wildman–Crippen MR) is 152 cm³/mol. The number of carbonyl (C=O) groups excluding carboxylic acids is 1. The maximum atomic E-state index is 12.6. The van der Waals surface area contributed by atoms with E-state index >= 15 is 0 Å². The zero-order valence-electron chi connectivity index (χ0n) is 21.5. The maximum absolute atomic E-state index is 12.6. The fourth-order valence-corrected chi connectivity index (χ4v) is 4.64. The van der Waals surface area contributed by atoms with E-state index in [4.69, 9.17) is 16.3 Å². The molecule has 0 spiro atoms. The molecule has 3 heterocycles. The average Bonchev–Trinajstić information content (AvgIpc) is 3.33. The molecule has 7 heteroatoms. The van der Waals surface area contributed by atoms with Crippen molar-refractivity contribution in [3.8, 4) is 12.3 Å². The van der Waals surface area contributed by atoms with Crippen LogP contribution in [0.4, 0.5) is 11.4 Å². The monoisotopic (exact) mass is 505 g/mol. The van der Waals surface area contributed by atoms with Gasteiger partial charge < -0.3 is 15.4 Å². The Bertz CT molecular complexity index is 1510. The number of nitrogens with zero attached hydrogens (tertiary/aromatic N) is 3. The van der Waals surface area contributed by atoms with E-state index in [0.717, 1.165) is 60.3 Å². The quantitative estimate of drug-likeness (QED) is 0.288. The normalized spacial score (nSPS) is 15.4. The molecule has 5 rings (SSSR count). The van der Waals surface area contributed by atoms with E-state index in [-0.39, 0.29) is 18.7 Å². The summed E-state index contributed by atoms with van der Waals surface area (Å²) in [6.45, 7) is 3.03. The van der Waals surface area contributed by atoms with Gasteiger partial charge in [0, 0.05) is 23.9 Å². The second kappa shape index (κ2) is 11.8. The number of aryl methyl sites for hydroxylation is 1. The van der Waals surface area contributed by atoms with Gasteiger partial charge in [-0.25, -0.2) is 4.68 Å². The first-order valence-corrected chi connectivity index (χ1v) is 13.0. The number of pyridine rings is 1. The highest BCUT2D eigenvalue weighted by molar-refractivity contribution is 6.01. The Hall–Kier alpha value is -4.41. The minimum atomic E-state index is -0.221. The number of amides is 1. The second-order valence-electron chi connectivity index (χ2n) is 9.22. The highest BCUT2D eigenvalue weighted by Gasteiger charge is 2.21. The Morgan fingerprint density at radius 1 is 1.18 bits per heavy atom. The Morgan fingerprint density at radius 2 is 2.08 bits per heavy atom. The molecular formula is C31H31N5O2. The van der Waals surface area contributed by atoms with Crippen LogP contribution >= 0.6 is 0 Å². The topological polar surface area (TPSA) is 81.1 Å². The maximum Gasteiger partial charge on any atom is 0.254 e. The molecule has 4 aromatic rings. The van der Waals surface area contributed by atoms with Crippen LogP contribution in [-0.4, -0.2) is 33.8 Å². The van der Waals surface area contributed by atoms with Crippen molar-refractivity contribution in [1.29, 1.82) is 0 Å². The Balaban J connectivity index is 1.50. The van der Waals surface area contributed by atoms with Crippen LogP contribution in [0.5, 0.6) is 0 Å². The van der Waals surface area contributed by atoms with Crippen LogP contribution in [0.1, 0.15) is 59.7 Å². The van der Waals surface area contributed by atoms with E-state index in [2.05, 4.69) is 46.7 Å². The number of fused-ring (bicyclic) bond motifs is 1. The van der Waals surface area contributed by atoms with E-state index in [1.54, 1.807) is 6.07 Å². The van der Waals surface area contributed by atoms with Crippen LogP contribution in [-0.2, 0) is 11.2 Å². The first-order valence-electron chi connectivity index (χ1n) is 13.0. The molecule has 7 nitrogen and oxygen atoms in total. The van der Waals surface area contributed by atoms with Crippen LogP contribution in [0, 0.1) is 12.3 Å². The van der Waals surface area contributed by atoms with Gasteiger partial charge in [-0.15, -0.1) is 6.42 Å². The lowest BCUT2D eigenvalue weighted by Crippen LogP contribution is -2.24. The van der Waals surface area contributed by atoms with E-state index in [1.807, 2.05) is 53.4 Å². The fourth-order valence-electron chi connectivity index (χ4n) is 4.64. The number of hydrogen-bond acceptors (Lipinski definition) is 5.